The summed E-state index contributed by atoms with van der Waals surface area (Å²) < 4.78 is 5.55. The van der Waals surface area contributed by atoms with Crippen LogP contribution in [0.2, 0.25) is 5.02 Å². The average Bonchev–Trinajstić information content (AvgIpc) is 3.13. The van der Waals surface area contributed by atoms with Gasteiger partial charge in [-0.1, -0.05) is 55.8 Å². The molecule has 3 N–H and O–H groups in total. The second kappa shape index (κ2) is 9.71. The molecular weight excluding hydrogens is 538 g/mol. The zero-order valence-electron chi connectivity index (χ0n) is 19.2. The molecule has 0 saturated carbocycles. The summed E-state index contributed by atoms with van der Waals surface area (Å²) in [6.07, 6.45) is -0.474. The first kappa shape index (κ1) is 24.7. The van der Waals surface area contributed by atoms with Crippen molar-refractivity contribution in [3.8, 4) is 5.88 Å². The number of nitrogens with zero attached hydrogens (tertiary/aromatic N) is 2. The van der Waals surface area contributed by atoms with Crippen molar-refractivity contribution in [1.29, 1.82) is 0 Å². The monoisotopic (exact) mass is 559 g/mol. The number of amides is 3. The van der Waals surface area contributed by atoms with Crippen LogP contribution in [0.3, 0.4) is 0 Å². The van der Waals surface area contributed by atoms with Crippen LogP contribution in [0.5, 0.6) is 5.88 Å². The van der Waals surface area contributed by atoms with E-state index in [1.165, 1.54) is 0 Å². The third-order valence-electron chi connectivity index (χ3n) is 5.85. The van der Waals surface area contributed by atoms with Gasteiger partial charge < -0.3 is 20.3 Å². The largest absolute Gasteiger partial charge is 0.414 e. The maximum atomic E-state index is 13.1. The van der Waals surface area contributed by atoms with E-state index in [2.05, 4.69) is 36.8 Å². The van der Waals surface area contributed by atoms with Gasteiger partial charge in [-0.3, -0.25) is 14.7 Å². The van der Waals surface area contributed by atoms with Gasteiger partial charge in [0.25, 0.3) is 11.8 Å². The molecule has 4 rings (SSSR count). The minimum absolute atomic E-state index is 0.103. The predicted molar refractivity (Wildman–Crippen MR) is 136 cm³/mol. The average molecular weight is 561 g/mol. The molecule has 182 valence electrons. The second-order valence-corrected chi connectivity index (χ2v) is 9.94. The van der Waals surface area contributed by atoms with Crippen LogP contribution in [0.25, 0.3) is 0 Å². The van der Waals surface area contributed by atoms with Gasteiger partial charge in [0, 0.05) is 12.7 Å². The summed E-state index contributed by atoms with van der Waals surface area (Å²) >= 11 is 9.34. The summed E-state index contributed by atoms with van der Waals surface area (Å²) in [6, 6.07) is 13.4. The molecule has 9 nitrogen and oxygen atoms in total. The fraction of sp³-hybridized carbons (Fsp3) is 0.250. The number of nitrogens with one attached hydrogen (secondary N) is 3. The van der Waals surface area contributed by atoms with Crippen LogP contribution in [0.4, 0.5) is 16.3 Å². The number of hydrogen-bond acceptors (Lipinski definition) is 5. The van der Waals surface area contributed by atoms with Gasteiger partial charge in [0.2, 0.25) is 5.91 Å². The minimum Gasteiger partial charge on any atom is -0.388 e. The first-order valence-corrected chi connectivity index (χ1v) is 11.9. The number of rotatable bonds is 4. The summed E-state index contributed by atoms with van der Waals surface area (Å²) in [6.45, 7) is 4.05. The van der Waals surface area contributed by atoms with Crippen molar-refractivity contribution in [2.75, 3.05) is 17.3 Å². The van der Waals surface area contributed by atoms with Crippen LogP contribution in [-0.4, -0.2) is 41.2 Å². The van der Waals surface area contributed by atoms with Gasteiger partial charge in [-0.15, -0.1) is 5.10 Å². The van der Waals surface area contributed by atoms with Crippen LogP contribution in [-0.2, 0) is 10.2 Å². The lowest BCUT2D eigenvalue weighted by Crippen LogP contribution is -2.48. The molecule has 11 heteroatoms. The Morgan fingerprint density at radius 3 is 2.63 bits per heavy atom. The number of para-hydroxylation sites is 1. The van der Waals surface area contributed by atoms with E-state index in [1.807, 2.05) is 38.1 Å². The third-order valence-corrected chi connectivity index (χ3v) is 6.92. The molecular formula is C24H23BrClN5O4. The molecule has 1 aliphatic heterocycles. The highest BCUT2D eigenvalue weighted by Crippen LogP contribution is 2.38. The Balaban J connectivity index is 1.46. The molecule has 0 saturated heterocycles. The number of carbonyl (C=O) groups excluding carboxylic acids is 3. The van der Waals surface area contributed by atoms with Crippen LogP contribution < -0.4 is 20.3 Å². The van der Waals surface area contributed by atoms with Crippen molar-refractivity contribution >= 4 is 56.9 Å². The topological polar surface area (TPSA) is 116 Å². The summed E-state index contributed by atoms with van der Waals surface area (Å²) in [5.41, 5.74) is 1.71. The number of carbonyl (C=O) groups is 3. The predicted octanol–water partition coefficient (Wildman–Crippen LogP) is 4.88. The minimum atomic E-state index is -0.852. The number of ether oxygens (including phenoxy) is 1. The molecule has 0 aliphatic carbocycles. The lowest BCUT2D eigenvalue weighted by atomic mass is 9.79. The zero-order valence-corrected chi connectivity index (χ0v) is 21.5. The summed E-state index contributed by atoms with van der Waals surface area (Å²) in [5.74, 6) is -0.646. The van der Waals surface area contributed by atoms with Crippen molar-refractivity contribution < 1.29 is 19.1 Å². The standard InChI is InChI=1S/C24H23BrClN5O4/c1-24(2)12-16(22(33)31(3)17-11-7-5-9-14(17)24)27-23(34)35-21-18(25)19(29-30-21)28-20(32)13-8-4-6-10-15(13)26/h4-11,16H,12H2,1-3H3,(H,27,34)(H2,28,29,30,32). The Bertz CT molecular complexity index is 1310. The van der Waals surface area contributed by atoms with Crippen molar-refractivity contribution in [2.45, 2.75) is 31.7 Å². The van der Waals surface area contributed by atoms with Crippen molar-refractivity contribution in [3.05, 3.63) is 69.2 Å². The number of likely N-dealkylation sites (N-methyl/N-ethyl adjacent to an activating group) is 1. The SMILES string of the molecule is CN1C(=O)C(NC(=O)Oc2n[nH]c(NC(=O)c3ccccc3Cl)c2Br)CC(C)(C)c2ccccc21. The van der Waals surface area contributed by atoms with Crippen LogP contribution >= 0.6 is 27.5 Å². The van der Waals surface area contributed by atoms with Crippen molar-refractivity contribution in [2.24, 2.45) is 0 Å². The molecule has 0 bridgehead atoms. The maximum Gasteiger partial charge on any atom is 0.414 e. The molecule has 2 heterocycles. The Morgan fingerprint density at radius 1 is 1.20 bits per heavy atom. The van der Waals surface area contributed by atoms with E-state index in [1.54, 1.807) is 36.2 Å². The molecule has 1 unspecified atom stereocenters. The molecule has 0 radical (unpaired) electrons. The fourth-order valence-electron chi connectivity index (χ4n) is 4.06. The smallest absolute Gasteiger partial charge is 0.388 e. The van der Waals surface area contributed by atoms with Gasteiger partial charge in [-0.2, -0.15) is 0 Å². The molecule has 2 aromatic carbocycles. The lowest BCUT2D eigenvalue weighted by Gasteiger charge is -2.27. The number of aromatic amines is 1. The molecule has 1 aliphatic rings. The highest BCUT2D eigenvalue weighted by Gasteiger charge is 2.38. The van der Waals surface area contributed by atoms with E-state index in [4.69, 9.17) is 16.3 Å². The zero-order chi connectivity index (χ0) is 25.3. The number of aromatic nitrogens is 2. The Morgan fingerprint density at radius 2 is 1.89 bits per heavy atom. The second-order valence-electron chi connectivity index (χ2n) is 8.74. The Kier molecular flexibility index (Phi) is 6.86. The Labute approximate surface area is 215 Å². The van der Waals surface area contributed by atoms with Crippen molar-refractivity contribution in [1.82, 2.24) is 15.5 Å². The fourth-order valence-corrected chi connectivity index (χ4v) is 4.64. The molecule has 0 fully saturated rings. The van der Waals surface area contributed by atoms with Crippen LogP contribution in [0, 0.1) is 0 Å². The number of benzene rings is 2. The number of anilines is 2. The summed E-state index contributed by atoms with van der Waals surface area (Å²) in [7, 11) is 1.68. The Hall–Kier alpha value is -3.37. The normalized spacial score (nSPS) is 16.8. The van der Waals surface area contributed by atoms with E-state index in [9.17, 15) is 14.4 Å². The van der Waals surface area contributed by atoms with Crippen LogP contribution in [0.15, 0.2) is 53.0 Å². The highest BCUT2D eigenvalue weighted by molar-refractivity contribution is 9.10. The van der Waals surface area contributed by atoms with E-state index in [0.717, 1.165) is 11.3 Å². The molecule has 3 aromatic rings. The quantitative estimate of drug-likeness (QED) is 0.421. The van der Waals surface area contributed by atoms with Gasteiger partial charge in [0.05, 0.1) is 10.6 Å². The highest BCUT2D eigenvalue weighted by atomic mass is 79.9. The van der Waals surface area contributed by atoms with E-state index in [-0.39, 0.29) is 33.1 Å². The summed E-state index contributed by atoms with van der Waals surface area (Å²) in [5, 5.41) is 12.1. The molecule has 35 heavy (non-hydrogen) atoms. The third kappa shape index (κ3) is 5.03. The maximum absolute atomic E-state index is 13.1. The number of hydrogen-bond donors (Lipinski definition) is 3. The number of halogens is 2. The first-order valence-electron chi connectivity index (χ1n) is 10.7. The van der Waals surface area contributed by atoms with Crippen LogP contribution in [0.1, 0.15) is 36.2 Å². The van der Waals surface area contributed by atoms with Gasteiger partial charge in [0.1, 0.15) is 16.3 Å². The first-order chi connectivity index (χ1) is 16.6. The van der Waals surface area contributed by atoms with Gasteiger partial charge in [0.15, 0.2) is 0 Å². The molecule has 0 spiro atoms. The molecule has 3 amide bonds. The van der Waals surface area contributed by atoms with E-state index < -0.39 is 18.0 Å². The molecule has 1 aromatic heterocycles. The van der Waals surface area contributed by atoms with E-state index in [0.29, 0.717) is 11.4 Å². The molecule has 1 atom stereocenters. The van der Waals surface area contributed by atoms with Gasteiger partial charge >= 0.3 is 6.09 Å². The summed E-state index contributed by atoms with van der Waals surface area (Å²) in [4.78, 5) is 39.9. The van der Waals surface area contributed by atoms with Gasteiger partial charge in [-0.25, -0.2) is 4.79 Å². The van der Waals surface area contributed by atoms with Crippen molar-refractivity contribution in [3.63, 3.8) is 0 Å². The number of H-pyrrole nitrogens is 1. The van der Waals surface area contributed by atoms with Gasteiger partial charge in [-0.05, 0) is 51.5 Å². The van der Waals surface area contributed by atoms with E-state index >= 15 is 0 Å². The number of fused-ring (bicyclic) bond motifs is 1. The lowest BCUT2D eigenvalue weighted by molar-refractivity contribution is -0.120.